The molecule has 0 heterocycles. The van der Waals surface area contributed by atoms with Gasteiger partial charge in [0.2, 0.25) is 0 Å². The predicted molar refractivity (Wildman–Crippen MR) is 51.1 cm³/mol. The summed E-state index contributed by atoms with van der Waals surface area (Å²) >= 11 is 0. The van der Waals surface area contributed by atoms with E-state index in [2.05, 4.69) is 10.3 Å². The van der Waals surface area contributed by atoms with Crippen molar-refractivity contribution >= 4 is 17.7 Å². The van der Waals surface area contributed by atoms with Gasteiger partial charge in [-0.3, -0.25) is 15.1 Å². The Labute approximate surface area is 75.3 Å². The molecule has 0 radical (unpaired) electrons. The molecule has 0 aliphatic rings. The summed E-state index contributed by atoms with van der Waals surface area (Å²) in [6.07, 6.45) is 1.52. The van der Waals surface area contributed by atoms with Crippen LogP contribution in [-0.4, -0.2) is 18.3 Å². The minimum absolute atomic E-state index is 0.0824. The normalized spacial score (nSPS) is 10.2. The second kappa shape index (κ2) is 4.20. The molecule has 68 valence electrons. The van der Waals surface area contributed by atoms with Crippen molar-refractivity contribution in [2.75, 3.05) is 12.4 Å². The van der Waals surface area contributed by atoms with E-state index >= 15 is 0 Å². The number of anilines is 1. The molecule has 13 heavy (non-hydrogen) atoms. The molecule has 0 aliphatic heterocycles. The maximum Gasteiger partial charge on any atom is 0.269 e. The predicted octanol–water partition coefficient (Wildman–Crippen LogP) is 1.66. The van der Waals surface area contributed by atoms with Crippen molar-refractivity contribution < 1.29 is 4.92 Å². The van der Waals surface area contributed by atoms with Crippen LogP contribution < -0.4 is 5.32 Å². The first kappa shape index (κ1) is 9.18. The van der Waals surface area contributed by atoms with E-state index in [0.29, 0.717) is 0 Å². The molecule has 0 aliphatic carbocycles. The molecule has 0 amide bonds. The SMILES string of the molecule is CN=CNc1ccc([N+](=O)[O-])cc1. The van der Waals surface area contributed by atoms with E-state index in [9.17, 15) is 10.1 Å². The average Bonchev–Trinajstić information content (AvgIpc) is 2.15. The fourth-order valence-corrected chi connectivity index (χ4v) is 0.818. The van der Waals surface area contributed by atoms with Gasteiger partial charge in [0.05, 0.1) is 11.3 Å². The van der Waals surface area contributed by atoms with Crippen molar-refractivity contribution in [1.29, 1.82) is 0 Å². The summed E-state index contributed by atoms with van der Waals surface area (Å²) in [5.41, 5.74) is 0.857. The van der Waals surface area contributed by atoms with Gasteiger partial charge in [-0.15, -0.1) is 0 Å². The summed E-state index contributed by atoms with van der Waals surface area (Å²) in [5.74, 6) is 0. The largest absolute Gasteiger partial charge is 0.347 e. The molecule has 0 unspecified atom stereocenters. The minimum Gasteiger partial charge on any atom is -0.347 e. The lowest BCUT2D eigenvalue weighted by Crippen LogP contribution is -1.94. The fraction of sp³-hybridized carbons (Fsp3) is 0.125. The van der Waals surface area contributed by atoms with Gasteiger partial charge in [0.1, 0.15) is 0 Å². The van der Waals surface area contributed by atoms with Gasteiger partial charge in [-0.25, -0.2) is 0 Å². The van der Waals surface area contributed by atoms with E-state index in [1.165, 1.54) is 18.5 Å². The van der Waals surface area contributed by atoms with Gasteiger partial charge in [-0.05, 0) is 12.1 Å². The van der Waals surface area contributed by atoms with E-state index in [1.807, 2.05) is 0 Å². The van der Waals surface area contributed by atoms with Gasteiger partial charge in [-0.2, -0.15) is 0 Å². The van der Waals surface area contributed by atoms with E-state index in [0.717, 1.165) is 5.69 Å². The van der Waals surface area contributed by atoms with Crippen LogP contribution in [0.5, 0.6) is 0 Å². The van der Waals surface area contributed by atoms with Crippen LogP contribution in [0.15, 0.2) is 29.3 Å². The van der Waals surface area contributed by atoms with Gasteiger partial charge in [0, 0.05) is 24.9 Å². The lowest BCUT2D eigenvalue weighted by atomic mass is 10.3. The third kappa shape index (κ3) is 2.55. The van der Waals surface area contributed by atoms with Gasteiger partial charge < -0.3 is 5.32 Å². The minimum atomic E-state index is -0.433. The van der Waals surface area contributed by atoms with Crippen LogP contribution in [0.2, 0.25) is 0 Å². The first-order valence-electron chi connectivity index (χ1n) is 3.65. The molecule has 0 saturated heterocycles. The molecule has 1 rings (SSSR count). The quantitative estimate of drug-likeness (QED) is 0.332. The molecule has 0 fully saturated rings. The summed E-state index contributed by atoms with van der Waals surface area (Å²) in [6, 6.07) is 6.12. The topological polar surface area (TPSA) is 67.5 Å². The molecule has 1 aromatic rings. The molecule has 0 bridgehead atoms. The molecule has 5 heteroatoms. The van der Waals surface area contributed by atoms with Crippen LogP contribution in [-0.2, 0) is 0 Å². The number of nitrogens with zero attached hydrogens (tertiary/aromatic N) is 2. The van der Waals surface area contributed by atoms with Crippen LogP contribution in [0.3, 0.4) is 0 Å². The second-order valence-electron chi connectivity index (χ2n) is 2.34. The Bertz CT molecular complexity index is 319. The highest BCUT2D eigenvalue weighted by Gasteiger charge is 2.02. The van der Waals surface area contributed by atoms with Gasteiger partial charge in [0.15, 0.2) is 0 Å². The first-order valence-corrected chi connectivity index (χ1v) is 3.65. The van der Waals surface area contributed by atoms with Crippen molar-refractivity contribution in [3.63, 3.8) is 0 Å². The number of hydrogen-bond acceptors (Lipinski definition) is 3. The van der Waals surface area contributed by atoms with Gasteiger partial charge in [-0.1, -0.05) is 0 Å². The fourth-order valence-electron chi connectivity index (χ4n) is 0.818. The summed E-state index contributed by atoms with van der Waals surface area (Å²) in [7, 11) is 1.64. The maximum atomic E-state index is 10.3. The standard InChI is InChI=1S/C8H9N3O2/c1-9-6-10-7-2-4-8(5-3-7)11(12)13/h2-6H,1H3,(H,9,10). The molecule has 1 aromatic carbocycles. The third-order valence-electron chi connectivity index (χ3n) is 1.44. The summed E-state index contributed by atoms with van der Waals surface area (Å²) in [6.45, 7) is 0. The van der Waals surface area contributed by atoms with Crippen molar-refractivity contribution in [1.82, 2.24) is 0 Å². The molecular formula is C8H9N3O2. The number of aliphatic imine (C=N–C) groups is 1. The second-order valence-corrected chi connectivity index (χ2v) is 2.34. The highest BCUT2D eigenvalue weighted by Crippen LogP contribution is 2.14. The Kier molecular flexibility index (Phi) is 2.97. The van der Waals surface area contributed by atoms with Crippen LogP contribution in [0.25, 0.3) is 0 Å². The Morgan fingerprint density at radius 3 is 2.54 bits per heavy atom. The maximum absolute atomic E-state index is 10.3. The molecule has 5 nitrogen and oxygen atoms in total. The monoisotopic (exact) mass is 179 g/mol. The summed E-state index contributed by atoms with van der Waals surface area (Å²) < 4.78 is 0. The zero-order valence-electron chi connectivity index (χ0n) is 7.10. The number of nitrogens with one attached hydrogen (secondary N) is 1. The number of hydrogen-bond donors (Lipinski definition) is 1. The number of nitro benzene ring substituents is 1. The number of rotatable bonds is 3. The number of benzene rings is 1. The Morgan fingerprint density at radius 1 is 1.46 bits per heavy atom. The smallest absolute Gasteiger partial charge is 0.269 e. The lowest BCUT2D eigenvalue weighted by molar-refractivity contribution is -0.384. The van der Waals surface area contributed by atoms with Crippen molar-refractivity contribution in [2.24, 2.45) is 4.99 Å². The summed E-state index contributed by atoms with van der Waals surface area (Å²) in [4.78, 5) is 13.6. The highest BCUT2D eigenvalue weighted by molar-refractivity contribution is 5.75. The zero-order chi connectivity index (χ0) is 9.68. The number of nitro groups is 1. The molecule has 0 aromatic heterocycles. The molecule has 1 N–H and O–H groups in total. The Balaban J connectivity index is 2.75. The Morgan fingerprint density at radius 2 is 2.08 bits per heavy atom. The van der Waals surface area contributed by atoms with E-state index in [4.69, 9.17) is 0 Å². The highest BCUT2D eigenvalue weighted by atomic mass is 16.6. The Hall–Kier alpha value is -1.91. The molecule has 0 spiro atoms. The van der Waals surface area contributed by atoms with Crippen LogP contribution in [0, 0.1) is 10.1 Å². The van der Waals surface area contributed by atoms with E-state index < -0.39 is 4.92 Å². The summed E-state index contributed by atoms with van der Waals surface area (Å²) in [5, 5.41) is 13.1. The lowest BCUT2D eigenvalue weighted by Gasteiger charge is -1.97. The number of non-ortho nitro benzene ring substituents is 1. The zero-order valence-corrected chi connectivity index (χ0v) is 7.10. The molecular weight excluding hydrogens is 170 g/mol. The van der Waals surface area contributed by atoms with Crippen molar-refractivity contribution in [2.45, 2.75) is 0 Å². The van der Waals surface area contributed by atoms with Gasteiger partial charge >= 0.3 is 0 Å². The van der Waals surface area contributed by atoms with Crippen LogP contribution in [0.1, 0.15) is 0 Å². The third-order valence-corrected chi connectivity index (χ3v) is 1.44. The van der Waals surface area contributed by atoms with Gasteiger partial charge in [0.25, 0.3) is 5.69 Å². The first-order chi connectivity index (χ1) is 6.24. The van der Waals surface area contributed by atoms with Crippen LogP contribution in [0.4, 0.5) is 11.4 Å². The van der Waals surface area contributed by atoms with E-state index in [1.54, 1.807) is 19.2 Å². The molecule has 0 atom stereocenters. The molecule has 0 saturated carbocycles. The van der Waals surface area contributed by atoms with Crippen molar-refractivity contribution in [3.05, 3.63) is 34.4 Å². The average molecular weight is 179 g/mol. The van der Waals surface area contributed by atoms with Crippen LogP contribution >= 0.6 is 0 Å². The van der Waals surface area contributed by atoms with E-state index in [-0.39, 0.29) is 5.69 Å². The van der Waals surface area contributed by atoms with Crippen molar-refractivity contribution in [3.8, 4) is 0 Å².